The van der Waals surface area contributed by atoms with Crippen molar-refractivity contribution in [3.05, 3.63) is 28.2 Å². The molecular formula is C12H15Cl2NO3S. The predicted molar refractivity (Wildman–Crippen MR) is 75.0 cm³/mol. The molecule has 0 aromatic heterocycles. The van der Waals surface area contributed by atoms with Crippen LogP contribution < -0.4 is 4.72 Å². The van der Waals surface area contributed by atoms with Crippen molar-refractivity contribution >= 4 is 33.2 Å². The number of benzene rings is 1. The number of hydrogen-bond donors (Lipinski definition) is 2. The fourth-order valence-electron chi connectivity index (χ4n) is 2.17. The molecular weight excluding hydrogens is 309 g/mol. The van der Waals surface area contributed by atoms with E-state index in [4.69, 9.17) is 23.2 Å². The van der Waals surface area contributed by atoms with Crippen molar-refractivity contribution in [1.29, 1.82) is 0 Å². The second-order valence-corrected chi connectivity index (χ2v) is 7.15. The third kappa shape index (κ3) is 3.61. The molecule has 0 heterocycles. The molecule has 1 saturated carbocycles. The summed E-state index contributed by atoms with van der Waals surface area (Å²) >= 11 is 11.8. The minimum Gasteiger partial charge on any atom is -0.393 e. The summed E-state index contributed by atoms with van der Waals surface area (Å²) < 4.78 is 27.1. The maximum atomic E-state index is 12.2. The van der Waals surface area contributed by atoms with Gasteiger partial charge in [0.15, 0.2) is 0 Å². The van der Waals surface area contributed by atoms with E-state index in [-0.39, 0.29) is 27.1 Å². The Morgan fingerprint density at radius 3 is 2.42 bits per heavy atom. The van der Waals surface area contributed by atoms with Gasteiger partial charge < -0.3 is 5.11 Å². The van der Waals surface area contributed by atoms with Crippen molar-refractivity contribution in [3.8, 4) is 0 Å². The lowest BCUT2D eigenvalue weighted by Crippen LogP contribution is -2.38. The van der Waals surface area contributed by atoms with Crippen molar-refractivity contribution in [1.82, 2.24) is 4.72 Å². The summed E-state index contributed by atoms with van der Waals surface area (Å²) in [6, 6.07) is 4.35. The third-order valence-electron chi connectivity index (χ3n) is 3.22. The first-order valence-electron chi connectivity index (χ1n) is 6.04. The van der Waals surface area contributed by atoms with Crippen molar-refractivity contribution in [3.63, 3.8) is 0 Å². The van der Waals surface area contributed by atoms with Gasteiger partial charge in [0.05, 0.1) is 16.1 Å². The second kappa shape index (κ2) is 5.97. The van der Waals surface area contributed by atoms with Gasteiger partial charge in [0.2, 0.25) is 10.0 Å². The highest BCUT2D eigenvalue weighted by Gasteiger charge is 2.26. The van der Waals surface area contributed by atoms with Crippen LogP contribution in [0.5, 0.6) is 0 Å². The second-order valence-electron chi connectivity index (χ2n) is 4.68. The molecule has 0 bridgehead atoms. The summed E-state index contributed by atoms with van der Waals surface area (Å²) in [5, 5.41) is 9.65. The zero-order chi connectivity index (χ0) is 14.0. The number of aliphatic hydroxyl groups is 1. The molecule has 1 aliphatic rings. The van der Waals surface area contributed by atoms with Crippen LogP contribution in [0.25, 0.3) is 0 Å². The largest absolute Gasteiger partial charge is 0.393 e. The lowest BCUT2D eigenvalue weighted by atomic mass is 9.94. The summed E-state index contributed by atoms with van der Waals surface area (Å²) in [6.07, 6.45) is 2.14. The lowest BCUT2D eigenvalue weighted by molar-refractivity contribution is 0.120. The Labute approximate surface area is 122 Å². The van der Waals surface area contributed by atoms with E-state index in [1.54, 1.807) is 12.1 Å². The lowest BCUT2D eigenvalue weighted by Gasteiger charge is -2.26. The summed E-state index contributed by atoms with van der Waals surface area (Å²) in [5.41, 5.74) is 0. The molecule has 2 rings (SSSR count). The van der Waals surface area contributed by atoms with Gasteiger partial charge >= 0.3 is 0 Å². The van der Waals surface area contributed by atoms with Crippen molar-refractivity contribution < 1.29 is 13.5 Å². The average molecular weight is 324 g/mol. The smallest absolute Gasteiger partial charge is 0.242 e. The van der Waals surface area contributed by atoms with Crippen LogP contribution in [0.1, 0.15) is 25.7 Å². The van der Waals surface area contributed by atoms with E-state index in [9.17, 15) is 13.5 Å². The topological polar surface area (TPSA) is 66.4 Å². The number of hydrogen-bond acceptors (Lipinski definition) is 3. The molecule has 0 unspecified atom stereocenters. The molecule has 0 atom stereocenters. The molecule has 1 fully saturated rings. The van der Waals surface area contributed by atoms with Crippen molar-refractivity contribution in [2.24, 2.45) is 0 Å². The van der Waals surface area contributed by atoms with Crippen LogP contribution in [0.2, 0.25) is 10.0 Å². The zero-order valence-corrected chi connectivity index (χ0v) is 12.5. The van der Waals surface area contributed by atoms with Crippen LogP contribution in [0.15, 0.2) is 23.1 Å². The Balaban J connectivity index is 2.16. The van der Waals surface area contributed by atoms with Gasteiger partial charge in [0, 0.05) is 6.04 Å². The highest BCUT2D eigenvalue weighted by molar-refractivity contribution is 7.89. The number of rotatable bonds is 3. The zero-order valence-electron chi connectivity index (χ0n) is 10.1. The summed E-state index contributed by atoms with van der Waals surface area (Å²) in [6.45, 7) is 0. The third-order valence-corrected chi connectivity index (χ3v) is 5.72. The normalized spacial score (nSPS) is 24.4. The highest BCUT2D eigenvalue weighted by atomic mass is 35.5. The molecule has 19 heavy (non-hydrogen) atoms. The van der Waals surface area contributed by atoms with Gasteiger partial charge in [-0.25, -0.2) is 13.1 Å². The molecule has 1 aliphatic carbocycles. The Morgan fingerprint density at radius 2 is 1.79 bits per heavy atom. The Hall–Kier alpha value is -0.330. The first kappa shape index (κ1) is 15.1. The number of nitrogens with one attached hydrogen (secondary N) is 1. The van der Waals surface area contributed by atoms with Gasteiger partial charge in [-0.1, -0.05) is 29.3 Å². The molecule has 1 aromatic rings. The maximum absolute atomic E-state index is 12.2. The highest BCUT2D eigenvalue weighted by Crippen LogP contribution is 2.29. The van der Waals surface area contributed by atoms with Crippen LogP contribution in [0, 0.1) is 0 Å². The minimum atomic E-state index is -3.68. The van der Waals surface area contributed by atoms with E-state index in [0.29, 0.717) is 25.7 Å². The number of aliphatic hydroxyl groups excluding tert-OH is 1. The first-order chi connectivity index (χ1) is 8.90. The van der Waals surface area contributed by atoms with Crippen molar-refractivity contribution in [2.45, 2.75) is 42.7 Å². The van der Waals surface area contributed by atoms with Gasteiger partial charge in [-0.15, -0.1) is 0 Å². The maximum Gasteiger partial charge on any atom is 0.242 e. The number of sulfonamides is 1. The molecule has 2 N–H and O–H groups in total. The molecule has 0 aliphatic heterocycles. The fourth-order valence-corrected chi connectivity index (χ4v) is 4.23. The fraction of sp³-hybridized carbons (Fsp3) is 0.500. The summed E-state index contributed by atoms with van der Waals surface area (Å²) in [7, 11) is -3.68. The summed E-state index contributed by atoms with van der Waals surface area (Å²) in [4.78, 5) is -0.00668. The van der Waals surface area contributed by atoms with Crippen LogP contribution in [-0.2, 0) is 10.0 Å². The molecule has 0 radical (unpaired) electrons. The standard InChI is InChI=1S/C12H15Cl2NO3S/c13-10-2-1-3-11(12(10)14)19(17,18)15-8-4-6-9(16)7-5-8/h1-3,8-9,15-16H,4-7H2. The monoisotopic (exact) mass is 323 g/mol. The van der Waals surface area contributed by atoms with Crippen LogP contribution >= 0.6 is 23.2 Å². The SMILES string of the molecule is O=S(=O)(NC1CCC(O)CC1)c1cccc(Cl)c1Cl. The Kier molecular flexibility index (Phi) is 4.74. The van der Waals surface area contributed by atoms with E-state index in [2.05, 4.69) is 4.72 Å². The minimum absolute atomic E-state index is 0.00668. The van der Waals surface area contributed by atoms with E-state index >= 15 is 0 Å². The number of halogens is 2. The average Bonchev–Trinajstić information content (AvgIpc) is 2.35. The van der Waals surface area contributed by atoms with Crippen LogP contribution in [0.4, 0.5) is 0 Å². The Morgan fingerprint density at radius 1 is 1.16 bits per heavy atom. The molecule has 7 heteroatoms. The van der Waals surface area contributed by atoms with Gasteiger partial charge in [-0.05, 0) is 37.8 Å². The molecule has 0 spiro atoms. The molecule has 4 nitrogen and oxygen atoms in total. The molecule has 106 valence electrons. The molecule has 0 amide bonds. The quantitative estimate of drug-likeness (QED) is 0.898. The van der Waals surface area contributed by atoms with E-state index < -0.39 is 10.0 Å². The van der Waals surface area contributed by atoms with Crippen LogP contribution in [0.3, 0.4) is 0 Å². The molecule has 0 saturated heterocycles. The van der Waals surface area contributed by atoms with E-state index in [0.717, 1.165) is 0 Å². The van der Waals surface area contributed by atoms with Gasteiger partial charge in [-0.2, -0.15) is 0 Å². The predicted octanol–water partition coefficient (Wildman–Crippen LogP) is 2.58. The van der Waals surface area contributed by atoms with Gasteiger partial charge in [0.1, 0.15) is 4.90 Å². The molecule has 1 aromatic carbocycles. The van der Waals surface area contributed by atoms with Gasteiger partial charge in [-0.3, -0.25) is 0 Å². The van der Waals surface area contributed by atoms with E-state index in [1.807, 2.05) is 0 Å². The van der Waals surface area contributed by atoms with E-state index in [1.165, 1.54) is 6.07 Å². The first-order valence-corrected chi connectivity index (χ1v) is 8.28. The van der Waals surface area contributed by atoms with Crippen LogP contribution in [-0.4, -0.2) is 25.7 Å². The summed E-state index contributed by atoms with van der Waals surface area (Å²) in [5.74, 6) is 0. The van der Waals surface area contributed by atoms with Gasteiger partial charge in [0.25, 0.3) is 0 Å². The van der Waals surface area contributed by atoms with Crippen molar-refractivity contribution in [2.75, 3.05) is 0 Å². The Bertz CT molecular complexity index is 554.